The Morgan fingerprint density at radius 2 is 0.638 bits per heavy atom. The van der Waals surface area contributed by atoms with Gasteiger partial charge in [-0.15, -0.1) is 68.0 Å². The third kappa shape index (κ3) is 20.5. The highest BCUT2D eigenvalue weighted by Crippen LogP contribution is 2.53. The number of thiophene rings is 6. The van der Waals surface area contributed by atoms with Crippen molar-refractivity contribution < 1.29 is 19.2 Å². The van der Waals surface area contributed by atoms with Crippen molar-refractivity contribution in [3.8, 4) is 39.0 Å². The maximum atomic E-state index is 15.9. The topological polar surface area (TPSA) is 93.6 Å². The second kappa shape index (κ2) is 43.2. The van der Waals surface area contributed by atoms with Gasteiger partial charge in [0, 0.05) is 93.1 Å². The smallest absolute Gasteiger partial charge is 0.261 e. The molecule has 0 fully saturated rings. The third-order valence-corrected chi connectivity index (χ3v) is 32.0. The number of unbranched alkanes of at least 4 members (excludes halogenated alkanes) is 10. The van der Waals surface area contributed by atoms with Gasteiger partial charge in [-0.2, -0.15) is 0 Å². The van der Waals surface area contributed by atoms with Crippen LogP contribution in [0.5, 0.6) is 0 Å². The minimum Gasteiger partial charge on any atom is -0.307 e. The van der Waals surface area contributed by atoms with Gasteiger partial charge in [0.15, 0.2) is 0 Å². The van der Waals surface area contributed by atoms with Crippen molar-refractivity contribution >= 4 is 109 Å². The second-order valence-electron chi connectivity index (χ2n) is 32.9. The maximum absolute atomic E-state index is 15.9. The number of rotatable bonds is 46. The van der Waals surface area contributed by atoms with Crippen LogP contribution in [0.25, 0.3) is 50.4 Å². The fourth-order valence-corrected chi connectivity index (χ4v) is 23.9. The summed E-state index contributed by atoms with van der Waals surface area (Å²) in [5.74, 6) is 0.812. The molecule has 15 heteroatoms. The predicted octanol–water partition coefficient (Wildman–Crippen LogP) is 29.5. The molecule has 620 valence electrons. The van der Waals surface area contributed by atoms with Gasteiger partial charge in [0.1, 0.15) is 0 Å². The number of carbonyl (C=O) groups excluding carboxylic acids is 4. The first kappa shape index (κ1) is 89.7. The Morgan fingerprint density at radius 1 is 0.345 bits per heavy atom. The fourth-order valence-electron chi connectivity index (χ4n) is 17.3. The molecule has 5 aliphatic rings. The van der Waals surface area contributed by atoms with E-state index >= 15 is 19.2 Å². The summed E-state index contributed by atoms with van der Waals surface area (Å²) in [5, 5.41) is 0. The van der Waals surface area contributed by atoms with Crippen molar-refractivity contribution in [3.63, 3.8) is 0 Å². The summed E-state index contributed by atoms with van der Waals surface area (Å²) >= 11 is 10.9. The van der Waals surface area contributed by atoms with Crippen molar-refractivity contribution in [1.82, 2.24) is 19.6 Å². The van der Waals surface area contributed by atoms with Gasteiger partial charge >= 0.3 is 0 Å². The van der Waals surface area contributed by atoms with E-state index in [0.29, 0.717) is 48.5 Å². The Morgan fingerprint density at radius 3 is 0.974 bits per heavy atom. The largest absolute Gasteiger partial charge is 0.307 e. The lowest BCUT2D eigenvalue weighted by atomic mass is 9.84. The van der Waals surface area contributed by atoms with E-state index in [1.807, 2.05) is 72.0 Å². The molecule has 0 saturated heterocycles. The standard InChI is InChI=1S/C101H131N5O4S6/c1-17-28-34-36-42-74-48-52-79(111-74)81-54-56-83(113-81)85-58-60-87(115-85)96-91-89(98(107)105(96)64-72(25-9)40-32-21-5)94(103(100(91)109)62-70(23-7)38-30-19-3)68(14)46-44-66(12)77-50-51-78(93(102-16)76(77)27-11)67(13)45-47-69(15)95-90-92(101(110)104(95)63-71(24-8)39-31-20-4)97(106(99(90)108)65-73(26-10)41-33-22-6)88-61-59-86(116-88)84-57-55-82(114-84)80-53-49-75(112-80)43-37-35-29-18-2/h27,44-61,70-73H,17-26,28-43,62-65H2,1-16H3/b66-44+,67-45+,68-46+,69-47+,76-27-,102-93+. The van der Waals surface area contributed by atoms with E-state index in [9.17, 15) is 0 Å². The molecule has 0 radical (unpaired) electrons. The molecule has 6 aromatic heterocycles. The van der Waals surface area contributed by atoms with Gasteiger partial charge < -0.3 is 19.6 Å². The molecule has 116 heavy (non-hydrogen) atoms. The third-order valence-electron chi connectivity index (χ3n) is 24.5. The molecule has 10 heterocycles. The highest BCUT2D eigenvalue weighted by molar-refractivity contribution is 7.27. The van der Waals surface area contributed by atoms with Gasteiger partial charge in [-0.05, 0) is 210 Å². The van der Waals surface area contributed by atoms with E-state index in [4.69, 9.17) is 4.99 Å². The molecule has 11 rings (SSSR count). The summed E-state index contributed by atoms with van der Waals surface area (Å²) in [5.41, 5.74) is 12.9. The number of carbonyl (C=O) groups is 4. The zero-order chi connectivity index (χ0) is 82.7. The highest BCUT2D eigenvalue weighted by Gasteiger charge is 2.52. The summed E-state index contributed by atoms with van der Waals surface area (Å²) in [6.07, 6.45) is 43.9. The number of fused-ring (bicyclic) bond motifs is 2. The zero-order valence-corrected chi connectivity index (χ0v) is 77.7. The molecular weight excluding hydrogens is 1540 g/mol. The van der Waals surface area contributed by atoms with Crippen LogP contribution in [-0.4, -0.2) is 82.2 Å². The number of aliphatic imine (C=N–C) groups is 1. The van der Waals surface area contributed by atoms with E-state index < -0.39 is 0 Å². The molecule has 4 amide bonds. The second-order valence-corrected chi connectivity index (χ2v) is 39.5. The SMILES string of the molecule is C/C=C1/C(/C(C)=C/C=C(\C)C2=C3C(=O)N(CC(CC)CCCC)C(c4ccc(-c5ccc(-c6ccc(CCCCCC)s6)s5)s4)=C3C(=O)N2CC(CC)CCCC)=CC=C(/C(C)=C/C=C(\C)C2=C3C(=O)N(CC(CC)CCCC)C(c4ccc(-c5ccc(-c6ccc(CCCCCC)s6)s5)s4)=C3C(=O)N2CC(CC)CCCC)/C1=N/C. The molecule has 6 aromatic rings. The fraction of sp³-hybridized carbons (Fsp3) is 0.495. The van der Waals surface area contributed by atoms with Gasteiger partial charge in [0.05, 0.1) is 60.5 Å². The van der Waals surface area contributed by atoms with Crippen LogP contribution in [0.4, 0.5) is 0 Å². The molecule has 0 aromatic carbocycles. The van der Waals surface area contributed by atoms with Crippen LogP contribution < -0.4 is 0 Å². The summed E-state index contributed by atoms with van der Waals surface area (Å²) in [6, 6.07) is 27.0. The molecule has 1 aliphatic carbocycles. The van der Waals surface area contributed by atoms with Gasteiger partial charge in [-0.25, -0.2) is 0 Å². The average Bonchev–Trinajstić information content (AvgIpc) is 1.56. The minimum absolute atomic E-state index is 0.0713. The molecule has 4 aliphatic heterocycles. The number of hydrogen-bond acceptors (Lipinski definition) is 11. The number of aryl methyl sites for hydroxylation is 2. The first-order chi connectivity index (χ1) is 56.3. The van der Waals surface area contributed by atoms with Crippen LogP contribution in [0.15, 0.2) is 193 Å². The monoisotopic (exact) mass is 1670 g/mol. The van der Waals surface area contributed by atoms with Gasteiger partial charge in [-0.1, -0.05) is 227 Å². The van der Waals surface area contributed by atoms with Crippen molar-refractivity contribution in [1.29, 1.82) is 0 Å². The highest BCUT2D eigenvalue weighted by atomic mass is 32.1. The number of amides is 4. The van der Waals surface area contributed by atoms with Gasteiger partial charge in [0.2, 0.25) is 0 Å². The summed E-state index contributed by atoms with van der Waals surface area (Å²) in [6.45, 7) is 35.2. The number of allylic oxidation sites excluding steroid dienone is 14. The van der Waals surface area contributed by atoms with Crippen LogP contribution in [0.2, 0.25) is 0 Å². The van der Waals surface area contributed by atoms with Gasteiger partial charge in [0.25, 0.3) is 23.6 Å². The Kier molecular flexibility index (Phi) is 33.4. The summed E-state index contributed by atoms with van der Waals surface area (Å²) in [7, 11) is 1.87. The first-order valence-electron chi connectivity index (χ1n) is 44.5. The Hall–Kier alpha value is -7.11. The van der Waals surface area contributed by atoms with Crippen molar-refractivity contribution in [2.24, 2.45) is 28.7 Å². The lowest BCUT2D eigenvalue weighted by Gasteiger charge is -2.29. The lowest BCUT2D eigenvalue weighted by molar-refractivity contribution is -0.125. The van der Waals surface area contributed by atoms with E-state index in [-0.39, 0.29) is 47.3 Å². The molecule has 9 nitrogen and oxygen atoms in total. The van der Waals surface area contributed by atoms with Crippen molar-refractivity contribution in [3.05, 3.63) is 208 Å². The number of hydrogen-bond donors (Lipinski definition) is 0. The average molecular weight is 1670 g/mol. The molecular formula is C101H131N5O4S6. The number of nitrogens with zero attached hydrogens (tertiary/aromatic N) is 5. The van der Waals surface area contributed by atoms with Crippen LogP contribution in [0, 0.1) is 23.7 Å². The van der Waals surface area contributed by atoms with Crippen molar-refractivity contribution in [2.45, 2.75) is 271 Å². The van der Waals surface area contributed by atoms with E-state index in [1.54, 1.807) is 22.7 Å². The van der Waals surface area contributed by atoms with E-state index in [1.165, 1.54) is 90.4 Å². The van der Waals surface area contributed by atoms with E-state index in [2.05, 4.69) is 219 Å². The molecule has 0 N–H and O–H groups in total. The Balaban J connectivity index is 0.943. The Labute approximate surface area is 721 Å². The first-order valence-corrected chi connectivity index (χ1v) is 49.4. The molecule has 4 unspecified atom stereocenters. The summed E-state index contributed by atoms with van der Waals surface area (Å²) in [4.78, 5) is 91.2. The summed E-state index contributed by atoms with van der Waals surface area (Å²) < 4.78 is 0. The zero-order valence-electron chi connectivity index (χ0n) is 72.8. The van der Waals surface area contributed by atoms with Crippen LogP contribution in [0.3, 0.4) is 0 Å². The van der Waals surface area contributed by atoms with Crippen LogP contribution in [-0.2, 0) is 32.0 Å². The predicted molar refractivity (Wildman–Crippen MR) is 504 cm³/mol. The Bertz CT molecular complexity index is 4560. The van der Waals surface area contributed by atoms with Crippen LogP contribution >= 0.6 is 68.0 Å². The molecule has 0 saturated carbocycles. The molecule has 4 atom stereocenters. The normalized spacial score (nSPS) is 17.7. The molecule has 0 bridgehead atoms. The minimum atomic E-state index is -0.0731. The molecule has 0 spiro atoms. The maximum Gasteiger partial charge on any atom is 0.261 e. The quantitative estimate of drug-likeness (QED) is 0.0281. The lowest BCUT2D eigenvalue weighted by Crippen LogP contribution is -2.35. The van der Waals surface area contributed by atoms with Crippen LogP contribution in [0.1, 0.15) is 277 Å². The van der Waals surface area contributed by atoms with Crippen molar-refractivity contribution in [2.75, 3.05) is 33.2 Å². The van der Waals surface area contributed by atoms with E-state index in [0.717, 1.165) is 203 Å². The van der Waals surface area contributed by atoms with Gasteiger partial charge in [-0.3, -0.25) is 24.2 Å².